The largest absolute Gasteiger partial charge is 0.317 e. The summed E-state index contributed by atoms with van der Waals surface area (Å²) in [4.78, 5) is 19.2. The molecule has 3 aromatic heterocycles. The van der Waals surface area contributed by atoms with Gasteiger partial charge in [0.15, 0.2) is 0 Å². The molecule has 2 atom stereocenters. The molecular formula is C12H11IN5OP. The molecule has 102 valence electrons. The summed E-state index contributed by atoms with van der Waals surface area (Å²) < 4.78 is 3.66. The number of aldehydes is 1. The summed E-state index contributed by atoms with van der Waals surface area (Å²) in [7, 11) is 2.59. The first-order valence-electron chi connectivity index (χ1n) is 5.90. The van der Waals surface area contributed by atoms with Crippen molar-refractivity contribution in [1.82, 2.24) is 24.1 Å². The molecule has 0 saturated heterocycles. The van der Waals surface area contributed by atoms with Gasteiger partial charge in [0.2, 0.25) is 0 Å². The molecule has 0 spiro atoms. The van der Waals surface area contributed by atoms with Crippen molar-refractivity contribution in [3.8, 4) is 11.3 Å². The summed E-state index contributed by atoms with van der Waals surface area (Å²) in [5.41, 5.74) is 2.62. The van der Waals surface area contributed by atoms with Crippen molar-refractivity contribution in [2.75, 3.05) is 0 Å². The topological polar surface area (TPSA) is 65.6 Å². The van der Waals surface area contributed by atoms with Crippen molar-refractivity contribution in [2.45, 2.75) is 10.5 Å². The smallest absolute Gasteiger partial charge is 0.146 e. The van der Waals surface area contributed by atoms with Crippen LogP contribution in [0, 0.1) is 0 Å². The second-order valence-electron chi connectivity index (χ2n) is 4.23. The highest BCUT2D eigenvalue weighted by Gasteiger charge is 2.13. The minimum absolute atomic E-state index is 0.0162. The quantitative estimate of drug-likeness (QED) is 0.293. The number of fused-ring (bicyclic) bond motifs is 1. The van der Waals surface area contributed by atoms with Crippen molar-refractivity contribution >= 4 is 49.3 Å². The fraction of sp³-hybridized carbons (Fsp3) is 0.167. The van der Waals surface area contributed by atoms with E-state index in [0.717, 1.165) is 28.6 Å². The Morgan fingerprint density at radius 3 is 3.10 bits per heavy atom. The van der Waals surface area contributed by atoms with E-state index in [9.17, 15) is 4.79 Å². The second kappa shape index (κ2) is 5.57. The maximum Gasteiger partial charge on any atom is 0.146 e. The molecule has 20 heavy (non-hydrogen) atoms. The van der Waals surface area contributed by atoms with Crippen LogP contribution in [0.15, 0.2) is 31.0 Å². The maximum atomic E-state index is 10.6. The molecule has 3 aromatic rings. The normalized spacial score (nSPS) is 12.7. The number of nitrogens with zero attached hydrogens (tertiary/aromatic N) is 5. The van der Waals surface area contributed by atoms with E-state index in [1.165, 1.54) is 0 Å². The van der Waals surface area contributed by atoms with E-state index in [-0.39, 0.29) is 4.05 Å². The highest BCUT2D eigenvalue weighted by molar-refractivity contribution is 14.1. The molecule has 3 heterocycles. The summed E-state index contributed by atoms with van der Waals surface area (Å²) in [6.45, 7) is 0. The van der Waals surface area contributed by atoms with Gasteiger partial charge in [-0.3, -0.25) is 4.68 Å². The van der Waals surface area contributed by atoms with Crippen LogP contribution in [0.5, 0.6) is 0 Å². The van der Waals surface area contributed by atoms with Gasteiger partial charge in [0.05, 0.1) is 11.9 Å². The van der Waals surface area contributed by atoms with Crippen LogP contribution in [0.1, 0.15) is 10.5 Å². The molecule has 0 aliphatic rings. The fourth-order valence-electron chi connectivity index (χ4n) is 2.00. The van der Waals surface area contributed by atoms with Crippen LogP contribution in [0.3, 0.4) is 0 Å². The van der Waals surface area contributed by atoms with E-state index in [2.05, 4.69) is 47.0 Å². The first-order valence-corrected chi connectivity index (χ1v) is 7.66. The molecule has 0 saturated carbocycles. The molecule has 0 aliphatic carbocycles. The van der Waals surface area contributed by atoms with Crippen LogP contribution in [-0.2, 0) is 4.79 Å². The number of hydrogen-bond donors (Lipinski definition) is 0. The maximum absolute atomic E-state index is 10.6. The lowest BCUT2D eigenvalue weighted by Gasteiger charge is -2.05. The number of carbonyl (C=O) groups excluding carboxylic acids is 1. The van der Waals surface area contributed by atoms with Gasteiger partial charge in [-0.1, -0.05) is 22.6 Å². The van der Waals surface area contributed by atoms with Crippen LogP contribution in [-0.4, -0.2) is 30.4 Å². The Morgan fingerprint density at radius 1 is 1.45 bits per heavy atom. The summed E-state index contributed by atoms with van der Waals surface area (Å²) in [6.07, 6.45) is 8.47. The third-order valence-corrected chi connectivity index (χ3v) is 4.46. The molecule has 2 unspecified atom stereocenters. The van der Waals surface area contributed by atoms with Crippen molar-refractivity contribution in [2.24, 2.45) is 0 Å². The summed E-state index contributed by atoms with van der Waals surface area (Å²) in [6, 6.07) is 1.97. The van der Waals surface area contributed by atoms with E-state index in [0.29, 0.717) is 6.42 Å². The Labute approximate surface area is 131 Å². The van der Waals surface area contributed by atoms with Crippen LogP contribution in [0.4, 0.5) is 0 Å². The first-order chi connectivity index (χ1) is 9.70. The summed E-state index contributed by atoms with van der Waals surface area (Å²) >= 11 is 2.19. The molecule has 0 radical (unpaired) electrons. The van der Waals surface area contributed by atoms with Crippen molar-refractivity contribution in [1.29, 1.82) is 0 Å². The number of alkyl halides is 1. The fourth-order valence-corrected chi connectivity index (χ4v) is 2.81. The van der Waals surface area contributed by atoms with Crippen LogP contribution in [0.2, 0.25) is 0 Å². The SMILES string of the molecule is O=CCC(I)n1cc(-c2ncnc3c2ccn3P)cn1. The van der Waals surface area contributed by atoms with E-state index < -0.39 is 0 Å². The number of halogens is 1. The number of hydrogen-bond acceptors (Lipinski definition) is 4. The third kappa shape index (κ3) is 2.35. The summed E-state index contributed by atoms with van der Waals surface area (Å²) in [5.74, 6) is 0. The van der Waals surface area contributed by atoms with Gasteiger partial charge >= 0.3 is 0 Å². The average Bonchev–Trinajstić information content (AvgIpc) is 3.07. The van der Waals surface area contributed by atoms with Crippen LogP contribution >= 0.6 is 32.0 Å². The first kappa shape index (κ1) is 13.6. The summed E-state index contributed by atoms with van der Waals surface area (Å²) in [5, 5.41) is 5.28. The number of rotatable bonds is 4. The Hall–Kier alpha value is -1.34. The second-order valence-corrected chi connectivity index (χ2v) is 6.22. The lowest BCUT2D eigenvalue weighted by Crippen LogP contribution is -2.02. The van der Waals surface area contributed by atoms with Crippen LogP contribution in [0.25, 0.3) is 22.3 Å². The van der Waals surface area contributed by atoms with Gasteiger partial charge in [0.25, 0.3) is 0 Å². The zero-order valence-corrected chi connectivity index (χ0v) is 13.7. The molecule has 3 rings (SSSR count). The van der Waals surface area contributed by atoms with Gasteiger partial charge in [0.1, 0.15) is 22.3 Å². The van der Waals surface area contributed by atoms with E-state index in [1.54, 1.807) is 17.2 Å². The van der Waals surface area contributed by atoms with Gasteiger partial charge in [-0.15, -0.1) is 0 Å². The lowest BCUT2D eigenvalue weighted by atomic mass is 10.2. The van der Waals surface area contributed by atoms with Gasteiger partial charge < -0.3 is 9.13 Å². The number of aromatic nitrogens is 5. The van der Waals surface area contributed by atoms with E-state index in [4.69, 9.17) is 0 Å². The van der Waals surface area contributed by atoms with Gasteiger partial charge in [-0.25, -0.2) is 9.97 Å². The monoisotopic (exact) mass is 399 g/mol. The predicted molar refractivity (Wildman–Crippen MR) is 87.6 cm³/mol. The Bertz CT molecular complexity index is 768. The molecule has 0 bridgehead atoms. The zero-order chi connectivity index (χ0) is 14.1. The standard InChI is InChI=1S/C12H11IN5OP/c13-10(2-4-19)17-6-8(5-16-17)11-9-1-3-18(20)12(9)15-7-14-11/h1,3-7,10H,2,20H2. The Morgan fingerprint density at radius 2 is 2.30 bits per heavy atom. The molecule has 0 aliphatic heterocycles. The van der Waals surface area contributed by atoms with E-state index >= 15 is 0 Å². The lowest BCUT2D eigenvalue weighted by molar-refractivity contribution is -0.108. The van der Waals surface area contributed by atoms with Crippen LogP contribution < -0.4 is 0 Å². The Balaban J connectivity index is 2.05. The molecule has 0 aromatic carbocycles. The predicted octanol–water partition coefficient (Wildman–Crippen LogP) is 2.46. The highest BCUT2D eigenvalue weighted by atomic mass is 127. The number of carbonyl (C=O) groups is 1. The minimum Gasteiger partial charge on any atom is -0.317 e. The molecule has 8 heteroatoms. The molecular weight excluding hydrogens is 388 g/mol. The molecule has 0 amide bonds. The molecule has 6 nitrogen and oxygen atoms in total. The molecule has 0 N–H and O–H groups in total. The zero-order valence-electron chi connectivity index (χ0n) is 10.3. The Kier molecular flexibility index (Phi) is 3.80. The average molecular weight is 399 g/mol. The third-order valence-electron chi connectivity index (χ3n) is 2.96. The minimum atomic E-state index is 0.0162. The van der Waals surface area contributed by atoms with Gasteiger partial charge in [-0.05, 0) is 15.5 Å². The van der Waals surface area contributed by atoms with Gasteiger partial charge in [0, 0.05) is 29.8 Å². The molecule has 0 fully saturated rings. The van der Waals surface area contributed by atoms with Crippen molar-refractivity contribution in [3.63, 3.8) is 0 Å². The van der Waals surface area contributed by atoms with E-state index in [1.807, 2.05) is 22.8 Å². The van der Waals surface area contributed by atoms with Crippen molar-refractivity contribution < 1.29 is 4.79 Å². The van der Waals surface area contributed by atoms with Gasteiger partial charge in [-0.2, -0.15) is 5.10 Å². The van der Waals surface area contributed by atoms with Crippen molar-refractivity contribution in [3.05, 3.63) is 31.0 Å². The highest BCUT2D eigenvalue weighted by Crippen LogP contribution is 2.28.